The van der Waals surface area contributed by atoms with Crippen molar-refractivity contribution in [3.8, 4) is 12.2 Å². The van der Waals surface area contributed by atoms with E-state index in [-0.39, 0.29) is 18.9 Å². The fourth-order valence-electron chi connectivity index (χ4n) is 3.09. The summed E-state index contributed by atoms with van der Waals surface area (Å²) in [6.07, 6.45) is 4.71. The van der Waals surface area contributed by atoms with Crippen molar-refractivity contribution in [1.82, 2.24) is 0 Å². The molecule has 0 saturated heterocycles. The molecule has 0 N–H and O–H groups in total. The van der Waals surface area contributed by atoms with Crippen molar-refractivity contribution < 1.29 is 18.9 Å². The van der Waals surface area contributed by atoms with Gasteiger partial charge in [-0.2, -0.15) is 22.8 Å². The second kappa shape index (κ2) is 7.24. The quantitative estimate of drug-likeness (QED) is 0.439. The smallest absolute Gasteiger partial charge is 0.301 e. The topological polar surface area (TPSA) is 0 Å². The first-order valence-electron chi connectivity index (χ1n) is 7.18. The minimum atomic E-state index is -1.37. The van der Waals surface area contributed by atoms with Gasteiger partial charge in [0, 0.05) is 0 Å². The van der Waals surface area contributed by atoms with Crippen molar-refractivity contribution in [1.29, 1.82) is 0 Å². The minimum Gasteiger partial charge on any atom is -0.301 e. The van der Waals surface area contributed by atoms with Crippen LogP contribution in [0.2, 0.25) is 0 Å². The summed E-state index contributed by atoms with van der Waals surface area (Å²) >= 11 is 0. The maximum absolute atomic E-state index is 6.08. The third-order valence-electron chi connectivity index (χ3n) is 4.15. The fourth-order valence-corrected chi connectivity index (χ4v) is 3.09. The molecule has 0 aromatic heterocycles. The van der Waals surface area contributed by atoms with Gasteiger partial charge >= 0.3 is 18.9 Å². The average molecular weight is 274 g/mol. The third kappa shape index (κ3) is 2.77. The van der Waals surface area contributed by atoms with E-state index in [1.54, 1.807) is 0 Å². The number of hydrogen-bond acceptors (Lipinski definition) is 0. The molecule has 0 aliphatic carbocycles. The Morgan fingerprint density at radius 2 is 0.818 bits per heavy atom. The van der Waals surface area contributed by atoms with Crippen LogP contribution in [0.4, 0.5) is 0 Å². The molecular formula is C20H16BLi. The standard InChI is InChI=1S/C20H16B.Li/c1-2-21(18-12-6-3-7-13-18,19-14-8-4-9-15-19)20-16-10-5-11-17-20;/h1,3-17H;/q-1;+1. The van der Waals surface area contributed by atoms with Crippen molar-refractivity contribution in [2.24, 2.45) is 0 Å². The molecule has 0 aliphatic heterocycles. The van der Waals surface area contributed by atoms with E-state index in [0.29, 0.717) is 0 Å². The minimum absolute atomic E-state index is 0. The van der Waals surface area contributed by atoms with Crippen LogP contribution in [-0.2, 0) is 0 Å². The Morgan fingerprint density at radius 3 is 1.05 bits per heavy atom. The summed E-state index contributed by atoms with van der Waals surface area (Å²) in [6.45, 7) is 0. The first-order valence-corrected chi connectivity index (χ1v) is 7.18. The van der Waals surface area contributed by atoms with Gasteiger partial charge in [0.15, 0.2) is 0 Å². The van der Waals surface area contributed by atoms with Crippen LogP contribution in [0, 0.1) is 12.2 Å². The van der Waals surface area contributed by atoms with E-state index in [0.717, 1.165) is 0 Å². The van der Waals surface area contributed by atoms with Crippen molar-refractivity contribution in [3.05, 3.63) is 91.0 Å². The number of rotatable bonds is 3. The third-order valence-corrected chi connectivity index (χ3v) is 4.15. The molecule has 0 spiro atoms. The molecule has 0 saturated carbocycles. The van der Waals surface area contributed by atoms with Gasteiger partial charge in [0.2, 0.25) is 0 Å². The van der Waals surface area contributed by atoms with Crippen LogP contribution in [0.25, 0.3) is 0 Å². The average Bonchev–Trinajstić information content (AvgIpc) is 2.59. The second-order valence-corrected chi connectivity index (χ2v) is 5.26. The number of terminal acetylenes is 1. The zero-order chi connectivity index (χ0) is 14.5. The van der Waals surface area contributed by atoms with Crippen LogP contribution in [0.3, 0.4) is 0 Å². The largest absolute Gasteiger partial charge is 1.00 e. The predicted molar refractivity (Wildman–Crippen MR) is 92.8 cm³/mol. The Balaban J connectivity index is 0.00000176. The van der Waals surface area contributed by atoms with Gasteiger partial charge in [-0.1, -0.05) is 91.0 Å². The molecule has 0 heterocycles. The first-order chi connectivity index (χ1) is 10.4. The monoisotopic (exact) mass is 274 g/mol. The van der Waals surface area contributed by atoms with Crippen LogP contribution in [0.15, 0.2) is 91.0 Å². The molecule has 0 amide bonds. The SMILES string of the molecule is C#C[B-](c1ccccc1)(c1ccccc1)c1ccccc1.[Li+]. The van der Waals surface area contributed by atoms with E-state index >= 15 is 0 Å². The second-order valence-electron chi connectivity index (χ2n) is 5.26. The molecule has 2 heteroatoms. The molecule has 0 unspecified atom stereocenters. The Hall–Kier alpha value is -2.12. The first kappa shape index (κ1) is 16.3. The molecule has 3 rings (SSSR count). The molecular weight excluding hydrogens is 258 g/mol. The number of hydrogen-bond donors (Lipinski definition) is 0. The van der Waals surface area contributed by atoms with Crippen molar-refractivity contribution in [3.63, 3.8) is 0 Å². The van der Waals surface area contributed by atoms with Gasteiger partial charge in [0.25, 0.3) is 0 Å². The van der Waals surface area contributed by atoms with Crippen molar-refractivity contribution in [2.45, 2.75) is 0 Å². The van der Waals surface area contributed by atoms with Crippen LogP contribution in [0.5, 0.6) is 0 Å². The summed E-state index contributed by atoms with van der Waals surface area (Å²) in [5.74, 6) is 3.13. The summed E-state index contributed by atoms with van der Waals surface area (Å²) in [5.41, 5.74) is 3.53. The summed E-state index contributed by atoms with van der Waals surface area (Å²) in [4.78, 5) is 0. The summed E-state index contributed by atoms with van der Waals surface area (Å²) in [5, 5.41) is 0. The van der Waals surface area contributed by atoms with Crippen molar-refractivity contribution in [2.75, 3.05) is 0 Å². The van der Waals surface area contributed by atoms with Gasteiger partial charge < -0.3 is 5.82 Å². The Labute approximate surface area is 144 Å². The van der Waals surface area contributed by atoms with E-state index in [2.05, 4.69) is 78.6 Å². The van der Waals surface area contributed by atoms with E-state index in [1.807, 2.05) is 18.2 Å². The van der Waals surface area contributed by atoms with Gasteiger partial charge in [-0.05, 0) is 0 Å². The molecule has 100 valence electrons. The summed E-state index contributed by atoms with van der Waals surface area (Å²) in [7, 11) is 0. The normalized spacial score (nSPS) is 10.3. The Morgan fingerprint density at radius 1 is 0.545 bits per heavy atom. The number of benzene rings is 3. The van der Waals surface area contributed by atoms with Gasteiger partial charge in [-0.15, -0.1) is 0 Å². The molecule has 3 aromatic rings. The molecule has 0 fully saturated rings. The van der Waals surface area contributed by atoms with Gasteiger partial charge in [-0.25, -0.2) is 0 Å². The van der Waals surface area contributed by atoms with E-state index in [4.69, 9.17) is 6.42 Å². The van der Waals surface area contributed by atoms with E-state index in [1.165, 1.54) is 16.4 Å². The molecule has 22 heavy (non-hydrogen) atoms. The van der Waals surface area contributed by atoms with Gasteiger partial charge in [-0.3, -0.25) is 0 Å². The van der Waals surface area contributed by atoms with Crippen molar-refractivity contribution >= 4 is 22.5 Å². The molecule has 0 radical (unpaired) electrons. The molecule has 0 aliphatic rings. The Kier molecular flexibility index (Phi) is 5.35. The fraction of sp³-hybridized carbons (Fsp3) is 0. The van der Waals surface area contributed by atoms with Crippen LogP contribution in [0.1, 0.15) is 0 Å². The van der Waals surface area contributed by atoms with E-state index in [9.17, 15) is 0 Å². The Bertz CT molecular complexity index is 649. The molecule has 0 bridgehead atoms. The van der Waals surface area contributed by atoms with Crippen LogP contribution < -0.4 is 35.2 Å². The summed E-state index contributed by atoms with van der Waals surface area (Å²) < 4.78 is 0. The van der Waals surface area contributed by atoms with Crippen LogP contribution in [-0.4, -0.2) is 6.15 Å². The zero-order valence-corrected chi connectivity index (χ0v) is 12.8. The van der Waals surface area contributed by atoms with Gasteiger partial charge in [0.1, 0.15) is 6.15 Å². The van der Waals surface area contributed by atoms with Gasteiger partial charge in [0.05, 0.1) is 0 Å². The molecule has 0 atom stereocenters. The summed E-state index contributed by atoms with van der Waals surface area (Å²) in [6, 6.07) is 31.1. The zero-order valence-electron chi connectivity index (χ0n) is 12.8. The predicted octanol–water partition coefficient (Wildman–Crippen LogP) is -0.667. The molecule has 3 aromatic carbocycles. The maximum Gasteiger partial charge on any atom is 1.00 e. The van der Waals surface area contributed by atoms with E-state index < -0.39 is 6.15 Å². The molecule has 0 nitrogen and oxygen atoms in total. The van der Waals surface area contributed by atoms with Crippen LogP contribution >= 0.6 is 0 Å². The maximum atomic E-state index is 6.08.